The van der Waals surface area contributed by atoms with Crippen LogP contribution in [0.5, 0.6) is 0 Å². The number of hydrogen-bond acceptors (Lipinski definition) is 4. The Balaban J connectivity index is 1.24. The van der Waals surface area contributed by atoms with E-state index in [0.29, 0.717) is 38.3 Å². The van der Waals surface area contributed by atoms with Crippen molar-refractivity contribution in [1.82, 2.24) is 9.62 Å². The van der Waals surface area contributed by atoms with Crippen LogP contribution in [-0.2, 0) is 21.2 Å². The number of amides is 1. The summed E-state index contributed by atoms with van der Waals surface area (Å²) < 4.78 is 27.7. The van der Waals surface area contributed by atoms with Crippen LogP contribution in [0.1, 0.15) is 50.5 Å². The topological polar surface area (TPSA) is 78.8 Å². The Morgan fingerprint density at radius 2 is 1.72 bits per heavy atom. The Morgan fingerprint density at radius 3 is 2.50 bits per heavy atom. The Kier molecular flexibility index (Phi) is 5.80. The molecule has 3 aliphatic rings. The summed E-state index contributed by atoms with van der Waals surface area (Å²) in [6.45, 7) is 0.708. The van der Waals surface area contributed by atoms with Crippen LogP contribution in [0, 0.1) is 5.92 Å². The Hall–Kier alpha value is -2.25. The molecule has 1 saturated heterocycles. The molecule has 1 saturated carbocycles. The van der Waals surface area contributed by atoms with Crippen molar-refractivity contribution in [2.24, 2.45) is 10.9 Å². The van der Waals surface area contributed by atoms with Crippen LogP contribution >= 0.6 is 0 Å². The van der Waals surface area contributed by atoms with Gasteiger partial charge in [0.25, 0.3) is 5.91 Å². The number of amidine groups is 1. The first-order valence-corrected chi connectivity index (χ1v) is 13.4. The van der Waals surface area contributed by atoms with Crippen LogP contribution in [0.15, 0.2) is 47.5 Å². The maximum Gasteiger partial charge on any atom is 0.253 e. The number of carbonyl (C=O) groups is 1. The second-order valence-corrected chi connectivity index (χ2v) is 11.5. The van der Waals surface area contributed by atoms with E-state index in [0.717, 1.165) is 35.0 Å². The first-order chi connectivity index (χ1) is 15.5. The summed E-state index contributed by atoms with van der Waals surface area (Å²) in [5, 5.41) is 5.28. The minimum Gasteiger partial charge on any atom is -0.312 e. The Morgan fingerprint density at radius 1 is 1.00 bits per heavy atom. The zero-order valence-electron chi connectivity index (χ0n) is 18.4. The third-order valence-corrected chi connectivity index (χ3v) is 9.31. The van der Waals surface area contributed by atoms with Gasteiger partial charge in [-0.25, -0.2) is 12.7 Å². The van der Waals surface area contributed by atoms with E-state index in [-0.39, 0.29) is 11.7 Å². The van der Waals surface area contributed by atoms with Gasteiger partial charge in [0.15, 0.2) is 0 Å². The van der Waals surface area contributed by atoms with E-state index in [9.17, 15) is 13.2 Å². The lowest BCUT2D eigenvalue weighted by molar-refractivity contribution is -0.125. The molecule has 2 aromatic rings. The van der Waals surface area contributed by atoms with Crippen molar-refractivity contribution in [3.8, 4) is 0 Å². The summed E-state index contributed by atoms with van der Waals surface area (Å²) in [6.07, 6.45) is 7.22. The number of rotatable bonds is 5. The number of hydrogen-bond donors (Lipinski definition) is 1. The molecule has 1 aliphatic carbocycles. The van der Waals surface area contributed by atoms with Gasteiger partial charge in [-0.2, -0.15) is 0 Å². The van der Waals surface area contributed by atoms with Gasteiger partial charge < -0.3 is 5.32 Å². The van der Waals surface area contributed by atoms with Crippen LogP contribution in [0.4, 0.5) is 0 Å². The van der Waals surface area contributed by atoms with Gasteiger partial charge in [-0.05, 0) is 48.4 Å². The molecule has 32 heavy (non-hydrogen) atoms. The number of sulfonamides is 1. The largest absolute Gasteiger partial charge is 0.312 e. The van der Waals surface area contributed by atoms with Crippen molar-refractivity contribution in [3.05, 3.63) is 48.0 Å². The Bertz CT molecular complexity index is 1140. The average molecular weight is 454 g/mol. The molecular formula is C25H31N3O3S. The molecule has 2 aliphatic heterocycles. The van der Waals surface area contributed by atoms with Gasteiger partial charge in [-0.1, -0.05) is 61.7 Å². The second-order valence-electron chi connectivity index (χ2n) is 9.42. The highest BCUT2D eigenvalue weighted by Crippen LogP contribution is 2.35. The molecule has 0 atom stereocenters. The lowest BCUT2D eigenvalue weighted by atomic mass is 9.88. The highest BCUT2D eigenvalue weighted by molar-refractivity contribution is 7.89. The van der Waals surface area contributed by atoms with Gasteiger partial charge in [0, 0.05) is 19.0 Å². The SMILES string of the molecule is O=C1NC(C2CCCCC2)=NC12CCN(S(=O)(=O)CCc1cccc3ccccc13)CC2. The minimum atomic E-state index is -3.39. The maximum absolute atomic E-state index is 13.1. The van der Waals surface area contributed by atoms with E-state index in [2.05, 4.69) is 5.32 Å². The average Bonchev–Trinajstić information content (AvgIpc) is 3.14. The van der Waals surface area contributed by atoms with Crippen LogP contribution in [0.3, 0.4) is 0 Å². The monoisotopic (exact) mass is 453 g/mol. The normalized spacial score (nSPS) is 22.2. The van der Waals surface area contributed by atoms with Crippen molar-refractivity contribution >= 4 is 32.5 Å². The lowest BCUT2D eigenvalue weighted by Crippen LogP contribution is -2.51. The maximum atomic E-state index is 13.1. The summed E-state index contributed by atoms with van der Waals surface area (Å²) in [4.78, 5) is 17.7. The first kappa shape index (κ1) is 21.6. The summed E-state index contributed by atoms with van der Waals surface area (Å²) in [5.74, 6) is 1.25. The summed E-state index contributed by atoms with van der Waals surface area (Å²) in [5.41, 5.74) is 0.283. The van der Waals surface area contributed by atoms with Gasteiger partial charge in [-0.3, -0.25) is 9.79 Å². The van der Waals surface area contributed by atoms with E-state index >= 15 is 0 Å². The van der Waals surface area contributed by atoms with Gasteiger partial charge in [-0.15, -0.1) is 0 Å². The molecule has 2 heterocycles. The molecule has 1 amide bonds. The molecule has 0 unspecified atom stereocenters. The number of nitrogens with one attached hydrogen (secondary N) is 1. The van der Waals surface area contributed by atoms with E-state index in [1.807, 2.05) is 42.5 Å². The Labute approximate surface area is 190 Å². The third kappa shape index (κ3) is 4.08. The zero-order valence-corrected chi connectivity index (χ0v) is 19.2. The van der Waals surface area contributed by atoms with E-state index < -0.39 is 15.6 Å². The predicted molar refractivity (Wildman–Crippen MR) is 127 cm³/mol. The standard InChI is InChI=1S/C25H31N3O3S/c29-24-25(27-23(26-24)21-8-2-1-3-9-21)14-16-28(17-15-25)32(30,31)18-13-20-11-6-10-19-7-4-5-12-22(19)20/h4-7,10-12,21H,1-3,8-9,13-18H2,(H,26,27,29). The quantitative estimate of drug-likeness (QED) is 0.750. The van der Waals surface area contributed by atoms with E-state index in [4.69, 9.17) is 4.99 Å². The van der Waals surface area contributed by atoms with Gasteiger partial charge in [0.1, 0.15) is 11.4 Å². The van der Waals surface area contributed by atoms with Crippen molar-refractivity contribution in [1.29, 1.82) is 0 Å². The zero-order chi connectivity index (χ0) is 22.2. The van der Waals surface area contributed by atoms with Crippen LogP contribution in [0.25, 0.3) is 10.8 Å². The molecule has 5 rings (SSSR count). The van der Waals surface area contributed by atoms with Crippen LogP contribution in [0.2, 0.25) is 0 Å². The number of carbonyl (C=O) groups excluding carboxylic acids is 1. The molecule has 2 aromatic carbocycles. The summed E-state index contributed by atoms with van der Waals surface area (Å²) >= 11 is 0. The highest BCUT2D eigenvalue weighted by Gasteiger charge is 2.48. The highest BCUT2D eigenvalue weighted by atomic mass is 32.2. The fourth-order valence-corrected chi connectivity index (χ4v) is 6.94. The molecule has 170 valence electrons. The number of nitrogens with zero attached hydrogens (tertiary/aromatic N) is 2. The number of benzene rings is 2. The van der Waals surface area contributed by atoms with Crippen molar-refractivity contribution in [2.45, 2.75) is 56.9 Å². The molecule has 2 fully saturated rings. The minimum absolute atomic E-state index is 0.0362. The van der Waals surface area contributed by atoms with Gasteiger partial charge in [0.2, 0.25) is 10.0 Å². The summed E-state index contributed by atoms with van der Waals surface area (Å²) in [7, 11) is -3.39. The van der Waals surface area contributed by atoms with Crippen LogP contribution in [-0.4, -0.2) is 48.8 Å². The second kappa shape index (κ2) is 8.60. The molecule has 0 bridgehead atoms. The predicted octanol–water partition coefficient (Wildman–Crippen LogP) is 3.66. The number of fused-ring (bicyclic) bond motifs is 1. The number of piperidine rings is 1. The molecule has 7 heteroatoms. The molecule has 6 nitrogen and oxygen atoms in total. The fourth-order valence-electron chi connectivity index (χ4n) is 5.46. The van der Waals surface area contributed by atoms with Gasteiger partial charge in [0.05, 0.1) is 5.75 Å². The smallest absolute Gasteiger partial charge is 0.253 e. The third-order valence-electron chi connectivity index (χ3n) is 7.44. The van der Waals surface area contributed by atoms with Crippen molar-refractivity contribution < 1.29 is 13.2 Å². The number of aliphatic imine (C=N–C) groups is 1. The van der Waals surface area contributed by atoms with E-state index in [1.165, 1.54) is 19.3 Å². The molecule has 0 radical (unpaired) electrons. The van der Waals surface area contributed by atoms with Crippen molar-refractivity contribution in [3.63, 3.8) is 0 Å². The fraction of sp³-hybridized carbons (Fsp3) is 0.520. The van der Waals surface area contributed by atoms with Crippen LogP contribution < -0.4 is 5.32 Å². The van der Waals surface area contributed by atoms with E-state index in [1.54, 1.807) is 4.31 Å². The molecular weight excluding hydrogens is 422 g/mol. The lowest BCUT2D eigenvalue weighted by Gasteiger charge is -2.34. The molecule has 0 aromatic heterocycles. The molecule has 1 spiro atoms. The molecule has 1 N–H and O–H groups in total. The number of aryl methyl sites for hydroxylation is 1. The first-order valence-electron chi connectivity index (χ1n) is 11.8. The summed E-state index contributed by atoms with van der Waals surface area (Å²) in [6, 6.07) is 14.1. The van der Waals surface area contributed by atoms with Gasteiger partial charge >= 0.3 is 0 Å². The van der Waals surface area contributed by atoms with Crippen molar-refractivity contribution in [2.75, 3.05) is 18.8 Å².